The highest BCUT2D eigenvalue weighted by molar-refractivity contribution is 5.64. The van der Waals surface area contributed by atoms with Crippen LogP contribution in [-0.4, -0.2) is 16.5 Å². The Morgan fingerprint density at radius 2 is 2.11 bits per heavy atom. The van der Waals surface area contributed by atoms with Crippen LogP contribution in [0.15, 0.2) is 18.2 Å². The van der Waals surface area contributed by atoms with Crippen LogP contribution in [0.2, 0.25) is 0 Å². The lowest BCUT2D eigenvalue weighted by Crippen LogP contribution is -2.03. The predicted octanol–water partition coefficient (Wildman–Crippen LogP) is 2.38. The van der Waals surface area contributed by atoms with Gasteiger partial charge in [-0.2, -0.15) is 0 Å². The molecule has 0 saturated carbocycles. The van der Waals surface area contributed by atoms with Gasteiger partial charge in [-0.25, -0.2) is 4.98 Å². The quantitative estimate of drug-likeness (QED) is 0.866. The van der Waals surface area contributed by atoms with Crippen LogP contribution >= 0.6 is 0 Å². The molecule has 1 aliphatic rings. The van der Waals surface area contributed by atoms with Gasteiger partial charge < -0.3 is 10.7 Å². The smallest absolute Gasteiger partial charge is 0.108 e. The molecular formula is C15H19N3. The molecule has 0 spiro atoms. The van der Waals surface area contributed by atoms with Crippen molar-refractivity contribution in [3.05, 3.63) is 40.8 Å². The number of benzene rings is 1. The molecular weight excluding hydrogens is 222 g/mol. The van der Waals surface area contributed by atoms with E-state index in [4.69, 9.17) is 5.73 Å². The average molecular weight is 241 g/mol. The summed E-state index contributed by atoms with van der Waals surface area (Å²) >= 11 is 0. The standard InChI is InChI=1S/C15H19N3/c1-10-15(18-14(17-10)7-8-16)13-6-5-11-3-2-4-12(11)9-13/h5-6,9H,2-4,7-8,16H2,1H3,(H,17,18). The molecule has 1 aliphatic carbocycles. The fourth-order valence-electron chi connectivity index (χ4n) is 2.78. The topological polar surface area (TPSA) is 54.7 Å². The van der Waals surface area contributed by atoms with Gasteiger partial charge in [0.15, 0.2) is 0 Å². The first-order valence-electron chi connectivity index (χ1n) is 6.65. The molecule has 0 saturated heterocycles. The largest absolute Gasteiger partial charge is 0.346 e. The van der Waals surface area contributed by atoms with Gasteiger partial charge in [-0.1, -0.05) is 12.1 Å². The van der Waals surface area contributed by atoms with E-state index >= 15 is 0 Å². The normalized spacial score (nSPS) is 13.9. The lowest BCUT2D eigenvalue weighted by atomic mass is 10.0. The van der Waals surface area contributed by atoms with E-state index in [2.05, 4.69) is 35.1 Å². The molecule has 1 aromatic heterocycles. The molecule has 0 fully saturated rings. The lowest BCUT2D eigenvalue weighted by Gasteiger charge is -2.03. The monoisotopic (exact) mass is 241 g/mol. The number of nitrogens with zero attached hydrogens (tertiary/aromatic N) is 1. The Labute approximate surface area is 107 Å². The highest BCUT2D eigenvalue weighted by Crippen LogP contribution is 2.28. The van der Waals surface area contributed by atoms with Crippen molar-refractivity contribution in [3.63, 3.8) is 0 Å². The highest BCUT2D eigenvalue weighted by Gasteiger charge is 2.14. The molecule has 0 radical (unpaired) electrons. The minimum Gasteiger partial charge on any atom is -0.346 e. The van der Waals surface area contributed by atoms with Gasteiger partial charge in [-0.05, 0) is 49.9 Å². The number of nitrogens with one attached hydrogen (secondary N) is 1. The Morgan fingerprint density at radius 1 is 1.28 bits per heavy atom. The summed E-state index contributed by atoms with van der Waals surface area (Å²) in [4.78, 5) is 7.98. The second-order valence-electron chi connectivity index (χ2n) is 5.03. The molecule has 0 bridgehead atoms. The van der Waals surface area contributed by atoms with Crippen molar-refractivity contribution in [2.24, 2.45) is 5.73 Å². The maximum Gasteiger partial charge on any atom is 0.108 e. The number of aryl methyl sites for hydroxylation is 3. The van der Waals surface area contributed by atoms with Crippen molar-refractivity contribution in [2.75, 3.05) is 6.54 Å². The van der Waals surface area contributed by atoms with Crippen molar-refractivity contribution in [2.45, 2.75) is 32.6 Å². The molecule has 3 heteroatoms. The fraction of sp³-hybridized carbons (Fsp3) is 0.400. The summed E-state index contributed by atoms with van der Waals surface area (Å²) in [5.41, 5.74) is 12.0. The second kappa shape index (κ2) is 4.58. The maximum atomic E-state index is 5.57. The summed E-state index contributed by atoms with van der Waals surface area (Å²) in [7, 11) is 0. The maximum absolute atomic E-state index is 5.57. The van der Waals surface area contributed by atoms with Gasteiger partial charge >= 0.3 is 0 Å². The molecule has 2 aromatic rings. The summed E-state index contributed by atoms with van der Waals surface area (Å²) in [6, 6.07) is 6.76. The first kappa shape index (κ1) is 11.5. The summed E-state index contributed by atoms with van der Waals surface area (Å²) in [6.07, 6.45) is 4.54. The lowest BCUT2D eigenvalue weighted by molar-refractivity contribution is 0.891. The predicted molar refractivity (Wildman–Crippen MR) is 73.5 cm³/mol. The minimum atomic E-state index is 0.635. The van der Waals surface area contributed by atoms with E-state index in [0.717, 1.165) is 23.6 Å². The van der Waals surface area contributed by atoms with Crippen LogP contribution < -0.4 is 5.73 Å². The Morgan fingerprint density at radius 3 is 2.94 bits per heavy atom. The van der Waals surface area contributed by atoms with E-state index in [9.17, 15) is 0 Å². The number of aromatic nitrogens is 2. The summed E-state index contributed by atoms with van der Waals surface area (Å²) in [5.74, 6) is 0.991. The third kappa shape index (κ3) is 1.95. The number of hydrogen-bond donors (Lipinski definition) is 2. The van der Waals surface area contributed by atoms with Crippen LogP contribution in [-0.2, 0) is 19.3 Å². The van der Waals surface area contributed by atoms with Crippen molar-refractivity contribution >= 4 is 0 Å². The molecule has 0 aliphatic heterocycles. The van der Waals surface area contributed by atoms with Crippen LogP contribution in [0.1, 0.15) is 29.1 Å². The van der Waals surface area contributed by atoms with E-state index in [1.165, 1.54) is 36.0 Å². The highest BCUT2D eigenvalue weighted by atomic mass is 14.9. The summed E-state index contributed by atoms with van der Waals surface area (Å²) in [6.45, 7) is 2.71. The number of imidazole rings is 1. The molecule has 3 rings (SSSR count). The van der Waals surface area contributed by atoms with Gasteiger partial charge in [-0.3, -0.25) is 0 Å². The molecule has 0 unspecified atom stereocenters. The zero-order valence-electron chi connectivity index (χ0n) is 10.8. The molecule has 0 amide bonds. The van der Waals surface area contributed by atoms with Crippen LogP contribution in [0, 0.1) is 6.92 Å². The molecule has 94 valence electrons. The zero-order valence-corrected chi connectivity index (χ0v) is 10.8. The number of aromatic amines is 1. The number of rotatable bonds is 3. The molecule has 1 aromatic carbocycles. The summed E-state index contributed by atoms with van der Waals surface area (Å²) < 4.78 is 0. The van der Waals surface area contributed by atoms with Gasteiger partial charge in [-0.15, -0.1) is 0 Å². The third-order valence-corrected chi connectivity index (χ3v) is 3.69. The molecule has 3 N–H and O–H groups in total. The van der Waals surface area contributed by atoms with Gasteiger partial charge in [0, 0.05) is 17.7 Å². The van der Waals surface area contributed by atoms with Gasteiger partial charge in [0.25, 0.3) is 0 Å². The first-order chi connectivity index (χ1) is 8.78. The molecule has 0 atom stereocenters. The Hall–Kier alpha value is -1.61. The second-order valence-corrected chi connectivity index (χ2v) is 5.03. The van der Waals surface area contributed by atoms with Gasteiger partial charge in [0.2, 0.25) is 0 Å². The van der Waals surface area contributed by atoms with Crippen LogP contribution in [0.3, 0.4) is 0 Å². The van der Waals surface area contributed by atoms with Crippen LogP contribution in [0.25, 0.3) is 11.3 Å². The van der Waals surface area contributed by atoms with Gasteiger partial charge in [0.1, 0.15) is 5.82 Å². The van der Waals surface area contributed by atoms with E-state index in [-0.39, 0.29) is 0 Å². The number of nitrogens with two attached hydrogens (primary N) is 1. The number of fused-ring (bicyclic) bond motifs is 1. The van der Waals surface area contributed by atoms with Crippen molar-refractivity contribution < 1.29 is 0 Å². The summed E-state index contributed by atoms with van der Waals surface area (Å²) in [5, 5.41) is 0. The van der Waals surface area contributed by atoms with Crippen molar-refractivity contribution in [1.82, 2.24) is 9.97 Å². The number of hydrogen-bond acceptors (Lipinski definition) is 2. The average Bonchev–Trinajstić information content (AvgIpc) is 2.95. The number of H-pyrrole nitrogens is 1. The van der Waals surface area contributed by atoms with E-state index in [0.29, 0.717) is 6.54 Å². The van der Waals surface area contributed by atoms with E-state index in [1.54, 1.807) is 0 Å². The molecule has 1 heterocycles. The van der Waals surface area contributed by atoms with E-state index in [1.807, 2.05) is 0 Å². The Kier molecular flexibility index (Phi) is 2.92. The van der Waals surface area contributed by atoms with Gasteiger partial charge in [0.05, 0.1) is 5.69 Å². The van der Waals surface area contributed by atoms with E-state index < -0.39 is 0 Å². The Bertz CT molecular complexity index is 569. The van der Waals surface area contributed by atoms with Crippen LogP contribution in [0.5, 0.6) is 0 Å². The van der Waals surface area contributed by atoms with Crippen molar-refractivity contribution in [3.8, 4) is 11.3 Å². The SMILES string of the molecule is Cc1[nH]c(CCN)nc1-c1ccc2c(c1)CCC2. The van der Waals surface area contributed by atoms with Crippen LogP contribution in [0.4, 0.5) is 0 Å². The minimum absolute atomic E-state index is 0.635. The fourth-order valence-corrected chi connectivity index (χ4v) is 2.78. The van der Waals surface area contributed by atoms with Crippen molar-refractivity contribution in [1.29, 1.82) is 0 Å². The first-order valence-corrected chi connectivity index (χ1v) is 6.65. The third-order valence-electron chi connectivity index (χ3n) is 3.69. The zero-order chi connectivity index (χ0) is 12.5. The molecule has 18 heavy (non-hydrogen) atoms. The Balaban J connectivity index is 1.99. The molecule has 3 nitrogen and oxygen atoms in total.